The molecule has 0 aliphatic heterocycles. The van der Waals surface area contributed by atoms with Gasteiger partial charge in [0.1, 0.15) is 6.54 Å². The van der Waals surface area contributed by atoms with E-state index in [1.807, 2.05) is 18.2 Å². The predicted octanol–water partition coefficient (Wildman–Crippen LogP) is 3.07. The van der Waals surface area contributed by atoms with Crippen molar-refractivity contribution in [2.24, 2.45) is 0 Å². The first-order valence-electron chi connectivity index (χ1n) is 7.82. The highest BCUT2D eigenvalue weighted by Crippen LogP contribution is 2.42. The third-order valence-corrected chi connectivity index (χ3v) is 4.68. The average molecular weight is 348 g/mol. The van der Waals surface area contributed by atoms with Crippen molar-refractivity contribution in [1.82, 2.24) is 9.78 Å². The van der Waals surface area contributed by atoms with Gasteiger partial charge in [0.25, 0.3) is 0 Å². The van der Waals surface area contributed by atoms with Crippen LogP contribution in [-0.4, -0.2) is 26.8 Å². The van der Waals surface area contributed by atoms with E-state index in [4.69, 9.17) is 16.7 Å². The maximum Gasteiger partial charge on any atom is 0.325 e. The van der Waals surface area contributed by atoms with Crippen molar-refractivity contribution in [3.63, 3.8) is 0 Å². The van der Waals surface area contributed by atoms with Crippen LogP contribution in [0.1, 0.15) is 31.2 Å². The van der Waals surface area contributed by atoms with E-state index in [9.17, 15) is 9.59 Å². The maximum absolute atomic E-state index is 13.0. The van der Waals surface area contributed by atoms with E-state index in [2.05, 4.69) is 10.4 Å². The second kappa shape index (κ2) is 6.65. The SMILES string of the molecule is O=C(O)Cn1ccc(NC(=O)C2(c3cccc(Cl)c3)CCCC2)n1. The molecule has 1 fully saturated rings. The molecule has 24 heavy (non-hydrogen) atoms. The Balaban J connectivity index is 1.83. The molecule has 6 nitrogen and oxygen atoms in total. The largest absolute Gasteiger partial charge is 0.480 e. The second-order valence-corrected chi connectivity index (χ2v) is 6.48. The van der Waals surface area contributed by atoms with Crippen molar-refractivity contribution < 1.29 is 14.7 Å². The number of anilines is 1. The quantitative estimate of drug-likeness (QED) is 0.870. The summed E-state index contributed by atoms with van der Waals surface area (Å²) in [6, 6.07) is 9.02. The van der Waals surface area contributed by atoms with Crippen LogP contribution in [0.25, 0.3) is 0 Å². The Kier molecular flexibility index (Phi) is 4.57. The second-order valence-electron chi connectivity index (χ2n) is 6.05. The molecule has 2 N–H and O–H groups in total. The maximum atomic E-state index is 13.0. The van der Waals surface area contributed by atoms with Gasteiger partial charge in [0, 0.05) is 17.3 Å². The van der Waals surface area contributed by atoms with Gasteiger partial charge in [-0.25, -0.2) is 0 Å². The Morgan fingerprint density at radius 1 is 1.29 bits per heavy atom. The van der Waals surface area contributed by atoms with Crippen LogP contribution < -0.4 is 5.32 Å². The van der Waals surface area contributed by atoms with Crippen molar-refractivity contribution in [3.8, 4) is 0 Å². The molecule has 1 aliphatic carbocycles. The molecule has 7 heteroatoms. The fourth-order valence-electron chi connectivity index (χ4n) is 3.30. The lowest BCUT2D eigenvalue weighted by Gasteiger charge is -2.28. The van der Waals surface area contributed by atoms with E-state index >= 15 is 0 Å². The first-order chi connectivity index (χ1) is 11.5. The van der Waals surface area contributed by atoms with Gasteiger partial charge in [-0.05, 0) is 30.5 Å². The number of hydrogen-bond acceptors (Lipinski definition) is 3. The zero-order chi connectivity index (χ0) is 17.2. The van der Waals surface area contributed by atoms with Crippen LogP contribution in [0.2, 0.25) is 5.02 Å². The summed E-state index contributed by atoms with van der Waals surface area (Å²) in [4.78, 5) is 23.7. The number of aromatic nitrogens is 2. The van der Waals surface area contributed by atoms with Crippen molar-refractivity contribution in [2.75, 3.05) is 5.32 Å². The van der Waals surface area contributed by atoms with Gasteiger partial charge in [0.2, 0.25) is 5.91 Å². The molecule has 3 rings (SSSR count). The number of hydrogen-bond donors (Lipinski definition) is 2. The number of amides is 1. The van der Waals surface area contributed by atoms with Crippen LogP contribution in [0.5, 0.6) is 0 Å². The van der Waals surface area contributed by atoms with Gasteiger partial charge in [-0.1, -0.05) is 36.6 Å². The van der Waals surface area contributed by atoms with Gasteiger partial charge in [-0.15, -0.1) is 0 Å². The van der Waals surface area contributed by atoms with Crippen LogP contribution >= 0.6 is 11.6 Å². The molecular weight excluding hydrogens is 330 g/mol. The summed E-state index contributed by atoms with van der Waals surface area (Å²) in [6.45, 7) is -0.241. The fourth-order valence-corrected chi connectivity index (χ4v) is 3.49. The zero-order valence-electron chi connectivity index (χ0n) is 13.0. The Labute approximate surface area is 144 Å². The lowest BCUT2D eigenvalue weighted by atomic mass is 9.78. The number of nitrogens with zero attached hydrogens (tertiary/aromatic N) is 2. The summed E-state index contributed by atoms with van der Waals surface area (Å²) in [6.07, 6.45) is 5.01. The molecule has 1 heterocycles. The molecule has 0 saturated heterocycles. The van der Waals surface area contributed by atoms with Crippen molar-refractivity contribution in [3.05, 3.63) is 47.1 Å². The van der Waals surface area contributed by atoms with Crippen molar-refractivity contribution >= 4 is 29.3 Å². The summed E-state index contributed by atoms with van der Waals surface area (Å²) >= 11 is 6.10. The molecule has 2 aromatic rings. The number of carboxylic acids is 1. The molecule has 1 amide bonds. The van der Waals surface area contributed by atoms with E-state index in [-0.39, 0.29) is 12.5 Å². The topological polar surface area (TPSA) is 84.2 Å². The summed E-state index contributed by atoms with van der Waals surface area (Å²) < 4.78 is 1.28. The smallest absolute Gasteiger partial charge is 0.325 e. The molecule has 1 aromatic heterocycles. The predicted molar refractivity (Wildman–Crippen MR) is 90.1 cm³/mol. The highest BCUT2D eigenvalue weighted by Gasteiger charge is 2.43. The van der Waals surface area contributed by atoms with Gasteiger partial charge < -0.3 is 10.4 Å². The van der Waals surface area contributed by atoms with E-state index in [1.54, 1.807) is 12.1 Å². The molecule has 1 aromatic carbocycles. The molecule has 126 valence electrons. The summed E-state index contributed by atoms with van der Waals surface area (Å²) in [5, 5.41) is 16.3. The molecule has 0 unspecified atom stereocenters. The number of carbonyl (C=O) groups excluding carboxylic acids is 1. The van der Waals surface area contributed by atoms with Gasteiger partial charge in [0.15, 0.2) is 5.82 Å². The molecule has 0 spiro atoms. The minimum atomic E-state index is -0.984. The van der Waals surface area contributed by atoms with E-state index in [0.717, 1.165) is 31.2 Å². The van der Waals surface area contributed by atoms with Crippen molar-refractivity contribution in [1.29, 1.82) is 0 Å². The minimum Gasteiger partial charge on any atom is -0.480 e. The Hall–Kier alpha value is -2.34. The standard InChI is InChI=1S/C17H18ClN3O3/c18-13-5-3-4-12(10-13)17(7-1-2-8-17)16(24)19-14-6-9-21(20-14)11-15(22)23/h3-6,9-10H,1-2,7-8,11H2,(H,22,23)(H,19,20,24). The van der Waals surface area contributed by atoms with Crippen LogP contribution in [0.4, 0.5) is 5.82 Å². The minimum absolute atomic E-state index is 0.122. The Morgan fingerprint density at radius 3 is 2.71 bits per heavy atom. The summed E-state index contributed by atoms with van der Waals surface area (Å²) in [5.41, 5.74) is 0.302. The van der Waals surface area contributed by atoms with Crippen molar-refractivity contribution in [2.45, 2.75) is 37.6 Å². The van der Waals surface area contributed by atoms with E-state index in [1.165, 1.54) is 10.9 Å². The van der Waals surface area contributed by atoms with E-state index < -0.39 is 11.4 Å². The molecule has 0 bridgehead atoms. The first kappa shape index (κ1) is 16.5. The number of carboxylic acid groups (broad SMARTS) is 1. The molecule has 1 aliphatic rings. The van der Waals surface area contributed by atoms with Crippen LogP contribution in [0.15, 0.2) is 36.5 Å². The number of rotatable bonds is 5. The third-order valence-electron chi connectivity index (χ3n) is 4.45. The molecule has 1 saturated carbocycles. The zero-order valence-corrected chi connectivity index (χ0v) is 13.8. The van der Waals surface area contributed by atoms with Gasteiger partial charge in [-0.2, -0.15) is 5.10 Å². The first-order valence-corrected chi connectivity index (χ1v) is 8.20. The molecule has 0 atom stereocenters. The van der Waals surface area contributed by atoms with Crippen LogP contribution in [-0.2, 0) is 21.5 Å². The Morgan fingerprint density at radius 2 is 2.04 bits per heavy atom. The Bertz CT molecular complexity index is 766. The summed E-state index contributed by atoms with van der Waals surface area (Å²) in [7, 11) is 0. The lowest BCUT2D eigenvalue weighted by molar-refractivity contribution is -0.137. The van der Waals surface area contributed by atoms with Gasteiger partial charge >= 0.3 is 5.97 Å². The normalized spacial score (nSPS) is 16.0. The number of nitrogens with one attached hydrogen (secondary N) is 1. The van der Waals surface area contributed by atoms with Crippen LogP contribution in [0, 0.1) is 0 Å². The number of aliphatic carboxylic acids is 1. The summed E-state index contributed by atoms with van der Waals surface area (Å²) in [5.74, 6) is -0.750. The average Bonchev–Trinajstić information content (AvgIpc) is 3.17. The third kappa shape index (κ3) is 3.28. The van der Waals surface area contributed by atoms with E-state index in [0.29, 0.717) is 10.8 Å². The van der Waals surface area contributed by atoms with Gasteiger partial charge in [0.05, 0.1) is 5.41 Å². The number of carbonyl (C=O) groups is 2. The molecular formula is C17H18ClN3O3. The highest BCUT2D eigenvalue weighted by atomic mass is 35.5. The van der Waals surface area contributed by atoms with Gasteiger partial charge in [-0.3, -0.25) is 14.3 Å². The van der Waals surface area contributed by atoms with Crippen LogP contribution in [0.3, 0.4) is 0 Å². The monoisotopic (exact) mass is 347 g/mol. The lowest BCUT2D eigenvalue weighted by Crippen LogP contribution is -2.38. The number of halogens is 1. The fraction of sp³-hybridized carbons (Fsp3) is 0.353. The number of benzene rings is 1. The molecule has 0 radical (unpaired) electrons. The highest BCUT2D eigenvalue weighted by molar-refractivity contribution is 6.30.